The third kappa shape index (κ3) is 5.12. The number of urea groups is 1. The summed E-state index contributed by atoms with van der Waals surface area (Å²) in [7, 11) is 1.48. The van der Waals surface area contributed by atoms with E-state index >= 15 is 0 Å². The minimum atomic E-state index is -0.933. The number of rotatable bonds is 7. The van der Waals surface area contributed by atoms with Gasteiger partial charge in [0.2, 0.25) is 5.91 Å². The molecule has 2 fully saturated rings. The fourth-order valence-corrected chi connectivity index (χ4v) is 5.65. The van der Waals surface area contributed by atoms with Crippen LogP contribution in [0, 0.1) is 18.8 Å². The fraction of sp³-hybridized carbons (Fsp3) is 0.500. The molecule has 9 nitrogen and oxygen atoms in total. The lowest BCUT2D eigenvalue weighted by atomic mass is 9.85. The van der Waals surface area contributed by atoms with E-state index in [4.69, 9.17) is 4.74 Å². The van der Waals surface area contributed by atoms with Crippen LogP contribution in [0.15, 0.2) is 47.7 Å². The monoisotopic (exact) mass is 508 g/mol. The van der Waals surface area contributed by atoms with Gasteiger partial charge in [0.15, 0.2) is 11.4 Å². The van der Waals surface area contributed by atoms with Crippen molar-refractivity contribution >= 4 is 23.8 Å². The summed E-state index contributed by atoms with van der Waals surface area (Å²) >= 11 is 0. The average Bonchev–Trinajstić information content (AvgIpc) is 3.37. The number of carbonyl (C=O) groups excluding carboxylic acids is 4. The van der Waals surface area contributed by atoms with Crippen molar-refractivity contribution in [2.75, 3.05) is 26.7 Å². The molecule has 1 aromatic carbocycles. The number of hydrogen-bond acceptors (Lipinski definition) is 5. The Labute approximate surface area is 217 Å². The molecule has 2 N–H and O–H groups in total. The molecule has 3 aliphatic rings. The maximum absolute atomic E-state index is 13.6. The lowest BCUT2D eigenvalue weighted by Gasteiger charge is -2.33. The van der Waals surface area contributed by atoms with Crippen molar-refractivity contribution in [3.63, 3.8) is 0 Å². The van der Waals surface area contributed by atoms with Crippen molar-refractivity contribution in [2.24, 2.45) is 11.8 Å². The number of fused-ring (bicyclic) bond motifs is 2. The first-order valence-electron chi connectivity index (χ1n) is 12.8. The largest absolute Gasteiger partial charge is 0.436 e. The van der Waals surface area contributed by atoms with E-state index in [0.717, 1.165) is 16.7 Å². The lowest BCUT2D eigenvalue weighted by Crippen LogP contribution is -2.44. The molecule has 9 heteroatoms. The normalized spacial score (nSPS) is 23.4. The Morgan fingerprint density at radius 2 is 1.92 bits per heavy atom. The number of ether oxygens (including phenoxy) is 1. The van der Waals surface area contributed by atoms with Gasteiger partial charge in [-0.15, -0.1) is 0 Å². The first-order chi connectivity index (χ1) is 17.6. The Hall–Kier alpha value is -3.62. The molecule has 1 saturated heterocycles. The number of amides is 4. The van der Waals surface area contributed by atoms with Gasteiger partial charge in [0.1, 0.15) is 6.54 Å². The van der Waals surface area contributed by atoms with Crippen LogP contribution in [0.25, 0.3) is 0 Å². The summed E-state index contributed by atoms with van der Waals surface area (Å²) in [6.07, 6.45) is 3.78. The van der Waals surface area contributed by atoms with Gasteiger partial charge in [-0.2, -0.15) is 0 Å². The van der Waals surface area contributed by atoms with E-state index in [1.54, 1.807) is 12.2 Å². The van der Waals surface area contributed by atoms with E-state index in [1.165, 1.54) is 11.9 Å². The van der Waals surface area contributed by atoms with Crippen LogP contribution >= 0.6 is 0 Å². The molecule has 3 atom stereocenters. The summed E-state index contributed by atoms with van der Waals surface area (Å²) in [5, 5.41) is 5.00. The Morgan fingerprint density at radius 1 is 1.19 bits per heavy atom. The van der Waals surface area contributed by atoms with Crippen LogP contribution in [0.3, 0.4) is 0 Å². The highest BCUT2D eigenvalue weighted by atomic mass is 16.6. The van der Waals surface area contributed by atoms with Gasteiger partial charge in [-0.3, -0.25) is 14.5 Å². The molecule has 1 aliphatic heterocycles. The van der Waals surface area contributed by atoms with E-state index in [9.17, 15) is 19.2 Å². The van der Waals surface area contributed by atoms with Gasteiger partial charge in [-0.25, -0.2) is 9.59 Å². The maximum Gasteiger partial charge on any atom is 0.411 e. The van der Waals surface area contributed by atoms with Crippen LogP contribution in [0.1, 0.15) is 50.8 Å². The zero-order chi connectivity index (χ0) is 26.9. The van der Waals surface area contributed by atoms with Crippen molar-refractivity contribution in [3.05, 3.63) is 58.8 Å². The molecule has 1 aromatic rings. The van der Waals surface area contributed by atoms with Crippen molar-refractivity contribution < 1.29 is 23.9 Å². The molecule has 0 radical (unpaired) electrons. The number of aryl methyl sites for hydroxylation is 1. The first-order valence-corrected chi connectivity index (χ1v) is 12.8. The van der Waals surface area contributed by atoms with Crippen LogP contribution in [0.2, 0.25) is 0 Å². The second kappa shape index (κ2) is 10.4. The Bertz CT molecular complexity index is 1170. The summed E-state index contributed by atoms with van der Waals surface area (Å²) < 4.78 is 5.87. The highest BCUT2D eigenvalue weighted by molar-refractivity contribution is 6.03. The number of allylic oxidation sites excluding steroid dienone is 3. The van der Waals surface area contributed by atoms with E-state index in [1.807, 2.05) is 43.0 Å². The lowest BCUT2D eigenvalue weighted by molar-refractivity contribution is -0.134. The van der Waals surface area contributed by atoms with Gasteiger partial charge in [0.25, 0.3) is 0 Å². The topological polar surface area (TPSA) is 108 Å². The van der Waals surface area contributed by atoms with E-state index in [-0.39, 0.29) is 42.4 Å². The van der Waals surface area contributed by atoms with Crippen molar-refractivity contribution in [1.82, 2.24) is 20.4 Å². The zero-order valence-electron chi connectivity index (χ0n) is 22.2. The molecule has 0 aromatic heterocycles. The Balaban J connectivity index is 1.52. The number of Topliss-reactive ketones (excluding diaryl/α,β-unsaturated/α-hetero) is 1. The van der Waals surface area contributed by atoms with Gasteiger partial charge < -0.3 is 20.3 Å². The smallest absolute Gasteiger partial charge is 0.411 e. The molecule has 198 valence electrons. The Kier molecular flexibility index (Phi) is 7.43. The predicted octanol–water partition coefficient (Wildman–Crippen LogP) is 3.46. The van der Waals surface area contributed by atoms with Gasteiger partial charge in [-0.05, 0) is 55.4 Å². The molecule has 1 heterocycles. The van der Waals surface area contributed by atoms with Crippen molar-refractivity contribution in [1.29, 1.82) is 0 Å². The zero-order valence-corrected chi connectivity index (χ0v) is 22.2. The van der Waals surface area contributed by atoms with Gasteiger partial charge in [-0.1, -0.05) is 44.2 Å². The van der Waals surface area contributed by atoms with Crippen LogP contribution < -0.4 is 10.6 Å². The third-order valence-electron chi connectivity index (χ3n) is 7.53. The Morgan fingerprint density at radius 3 is 2.59 bits per heavy atom. The number of carbonyl (C=O) groups is 4. The molecular formula is C28H36N4O5. The van der Waals surface area contributed by atoms with Crippen LogP contribution in [-0.2, 0) is 14.3 Å². The van der Waals surface area contributed by atoms with Crippen LogP contribution in [0.4, 0.5) is 9.59 Å². The van der Waals surface area contributed by atoms with E-state index in [0.29, 0.717) is 19.4 Å². The third-order valence-corrected chi connectivity index (χ3v) is 7.53. The average molecular weight is 509 g/mol. The molecule has 2 unspecified atom stereocenters. The number of nitrogens with zero attached hydrogens (tertiary/aromatic N) is 2. The second-order valence-corrected chi connectivity index (χ2v) is 10.6. The number of hydrogen-bond donors (Lipinski definition) is 2. The summed E-state index contributed by atoms with van der Waals surface area (Å²) in [4.78, 5) is 54.5. The molecular weight excluding hydrogens is 472 g/mol. The van der Waals surface area contributed by atoms with E-state index < -0.39 is 23.6 Å². The molecule has 1 saturated carbocycles. The molecule has 2 aliphatic carbocycles. The van der Waals surface area contributed by atoms with Crippen molar-refractivity contribution in [2.45, 2.75) is 52.2 Å². The minimum absolute atomic E-state index is 0.0886. The van der Waals surface area contributed by atoms with Gasteiger partial charge in [0, 0.05) is 19.5 Å². The second-order valence-electron chi connectivity index (χ2n) is 10.6. The quantitative estimate of drug-likeness (QED) is 0.587. The molecule has 4 amide bonds. The van der Waals surface area contributed by atoms with Crippen LogP contribution in [0.5, 0.6) is 0 Å². The first kappa shape index (κ1) is 26.4. The summed E-state index contributed by atoms with van der Waals surface area (Å²) in [5.41, 5.74) is 2.21. The number of nitrogens with one attached hydrogen (secondary N) is 2. The van der Waals surface area contributed by atoms with Crippen LogP contribution in [-0.4, -0.2) is 65.9 Å². The highest BCUT2D eigenvalue weighted by Crippen LogP contribution is 2.48. The SMILES string of the molecule is CNC(=O)NC1=CC=C2C(CC[C@]23CN(CC(=O)N(CC(C)C)C(C)c2ccccc2C)C(=O)O3)C1=O. The fourth-order valence-electron chi connectivity index (χ4n) is 5.65. The summed E-state index contributed by atoms with van der Waals surface area (Å²) in [5.74, 6) is -0.540. The van der Waals surface area contributed by atoms with Crippen molar-refractivity contribution in [3.8, 4) is 0 Å². The van der Waals surface area contributed by atoms with E-state index in [2.05, 4.69) is 24.5 Å². The van der Waals surface area contributed by atoms with Gasteiger partial charge in [0.05, 0.1) is 18.3 Å². The summed E-state index contributed by atoms with van der Waals surface area (Å²) in [6.45, 7) is 8.87. The number of ketones is 1. The molecule has 0 bridgehead atoms. The minimum Gasteiger partial charge on any atom is -0.436 e. The highest BCUT2D eigenvalue weighted by Gasteiger charge is 2.56. The van der Waals surface area contributed by atoms with Gasteiger partial charge >= 0.3 is 12.1 Å². The number of benzene rings is 1. The standard InChI is InChI=1S/C28H36N4O5/c1-17(2)14-32(19(4)20-9-7-6-8-18(20)3)24(33)15-31-16-28(37-27(31)36)13-12-21-22(28)10-11-23(25(21)34)30-26(35)29-5/h6-11,17,19,21H,12-16H2,1-5H3,(H2,29,30,35)/t19?,21?,28-/m0/s1. The molecule has 37 heavy (non-hydrogen) atoms. The maximum atomic E-state index is 13.6. The summed E-state index contributed by atoms with van der Waals surface area (Å²) in [6, 6.07) is 7.41. The molecule has 1 spiro atoms. The molecule has 4 rings (SSSR count). The predicted molar refractivity (Wildman–Crippen MR) is 138 cm³/mol.